The van der Waals surface area contributed by atoms with Crippen molar-refractivity contribution in [3.05, 3.63) is 11.6 Å². The molecule has 3 rings (SSSR count). The van der Waals surface area contributed by atoms with Crippen molar-refractivity contribution in [1.29, 1.82) is 0 Å². The first-order valence-electron chi connectivity index (χ1n) is 18.7. The van der Waals surface area contributed by atoms with Gasteiger partial charge in [-0.2, -0.15) is 0 Å². The number of carbonyl (C=O) groups excluding carboxylic acids is 1. The molecule has 3 aliphatic heterocycles. The summed E-state index contributed by atoms with van der Waals surface area (Å²) in [5.74, 6) is -0.145. The van der Waals surface area contributed by atoms with Gasteiger partial charge in [-0.1, -0.05) is 71.1 Å². The van der Waals surface area contributed by atoms with Crippen LogP contribution in [0, 0.1) is 0 Å². The van der Waals surface area contributed by atoms with E-state index >= 15 is 0 Å². The summed E-state index contributed by atoms with van der Waals surface area (Å²) in [5, 5.41) is 42.4. The Balaban J connectivity index is 1.17. The quantitative estimate of drug-likeness (QED) is 0.0634. The van der Waals surface area contributed by atoms with Gasteiger partial charge in [0.1, 0.15) is 6.10 Å². The molecule has 0 amide bonds. The second kappa shape index (κ2) is 21.8. The van der Waals surface area contributed by atoms with Gasteiger partial charge in [-0.3, -0.25) is 0 Å². The highest BCUT2D eigenvalue weighted by Gasteiger charge is 2.36. The molecule has 0 radical (unpaired) electrons. The molecule has 0 spiro atoms. The molecule has 4 N–H and O–H groups in total. The summed E-state index contributed by atoms with van der Waals surface area (Å²) in [6.45, 7) is 4.10. The molecule has 3 aliphatic rings. The summed E-state index contributed by atoms with van der Waals surface area (Å²) < 4.78 is 17.4. The van der Waals surface area contributed by atoms with Crippen molar-refractivity contribution in [2.24, 2.45) is 0 Å². The number of aliphatic hydroxyl groups excluding tert-OH is 4. The van der Waals surface area contributed by atoms with Gasteiger partial charge in [0.25, 0.3) is 0 Å². The molecule has 262 valence electrons. The molecule has 8 nitrogen and oxygen atoms in total. The third kappa shape index (κ3) is 14.7. The van der Waals surface area contributed by atoms with Gasteiger partial charge in [0.05, 0.1) is 48.8 Å². The van der Waals surface area contributed by atoms with E-state index in [4.69, 9.17) is 14.2 Å². The van der Waals surface area contributed by atoms with E-state index in [-0.39, 0.29) is 42.6 Å². The molecule has 0 bridgehead atoms. The number of cyclic esters (lactones) is 1. The molecule has 0 aromatic heterocycles. The number of unbranched alkanes of at least 4 members (excludes halogenated alkanes) is 9. The fraction of sp³-hybridized carbons (Fsp3) is 0.919. The SMILES string of the molecule is CCCCCCC[C@@H](O)CCC[C@@H](O)[C@@H]1CC[C@@H]([C@H](O)CC[C@H](O)[C@H]2CC[C@H](CCCCCCCCC3=C[C@H](C)OC3=O)O2)O1. The Morgan fingerprint density at radius 2 is 1.22 bits per heavy atom. The second-order valence-electron chi connectivity index (χ2n) is 14.2. The predicted octanol–water partition coefficient (Wildman–Crippen LogP) is 6.83. The molecule has 45 heavy (non-hydrogen) atoms. The van der Waals surface area contributed by atoms with Gasteiger partial charge in [0, 0.05) is 5.57 Å². The van der Waals surface area contributed by atoms with Gasteiger partial charge in [0.15, 0.2) is 0 Å². The van der Waals surface area contributed by atoms with Crippen LogP contribution >= 0.6 is 0 Å². The van der Waals surface area contributed by atoms with E-state index < -0.39 is 18.3 Å². The minimum Gasteiger partial charge on any atom is -0.455 e. The van der Waals surface area contributed by atoms with E-state index in [1.165, 1.54) is 44.9 Å². The van der Waals surface area contributed by atoms with E-state index in [2.05, 4.69) is 6.92 Å². The highest BCUT2D eigenvalue weighted by Crippen LogP contribution is 2.31. The lowest BCUT2D eigenvalue weighted by Gasteiger charge is -2.24. The van der Waals surface area contributed by atoms with Crippen LogP contribution in [-0.4, -0.2) is 81.3 Å². The summed E-state index contributed by atoms with van der Waals surface area (Å²) in [6.07, 6.45) is 21.1. The van der Waals surface area contributed by atoms with Gasteiger partial charge < -0.3 is 34.6 Å². The number of hydrogen-bond donors (Lipinski definition) is 4. The molecule has 9 atom stereocenters. The van der Waals surface area contributed by atoms with Crippen LogP contribution in [0.2, 0.25) is 0 Å². The number of rotatable bonds is 25. The van der Waals surface area contributed by atoms with E-state index in [1.807, 2.05) is 13.0 Å². The van der Waals surface area contributed by atoms with E-state index in [0.29, 0.717) is 32.1 Å². The molecule has 0 unspecified atom stereocenters. The smallest absolute Gasteiger partial charge is 0.334 e. The van der Waals surface area contributed by atoms with Crippen LogP contribution in [-0.2, 0) is 19.0 Å². The zero-order valence-corrected chi connectivity index (χ0v) is 28.5. The van der Waals surface area contributed by atoms with Gasteiger partial charge in [-0.25, -0.2) is 4.79 Å². The van der Waals surface area contributed by atoms with Crippen LogP contribution in [0.5, 0.6) is 0 Å². The number of ether oxygens (including phenoxy) is 3. The molecule has 0 aromatic rings. The third-order valence-electron chi connectivity index (χ3n) is 10.2. The maximum atomic E-state index is 11.7. The highest BCUT2D eigenvalue weighted by molar-refractivity contribution is 5.90. The maximum Gasteiger partial charge on any atom is 0.334 e. The topological polar surface area (TPSA) is 126 Å². The van der Waals surface area contributed by atoms with Crippen molar-refractivity contribution in [2.45, 2.75) is 216 Å². The van der Waals surface area contributed by atoms with Gasteiger partial charge in [0.2, 0.25) is 0 Å². The molecule has 0 aromatic carbocycles. The van der Waals surface area contributed by atoms with Crippen LogP contribution in [0.25, 0.3) is 0 Å². The molecule has 8 heteroatoms. The third-order valence-corrected chi connectivity index (χ3v) is 10.2. The lowest BCUT2D eigenvalue weighted by atomic mass is 9.98. The number of aliphatic hydroxyl groups is 4. The van der Waals surface area contributed by atoms with Crippen molar-refractivity contribution in [3.8, 4) is 0 Å². The molecular weight excluding hydrogens is 572 g/mol. The largest absolute Gasteiger partial charge is 0.455 e. The second-order valence-corrected chi connectivity index (χ2v) is 14.2. The lowest BCUT2D eigenvalue weighted by molar-refractivity contribution is -0.139. The minimum atomic E-state index is -0.657. The molecular formula is C37H66O8. The molecule has 0 aliphatic carbocycles. The lowest BCUT2D eigenvalue weighted by Crippen LogP contribution is -2.33. The summed E-state index contributed by atoms with van der Waals surface area (Å²) in [7, 11) is 0. The first kappa shape index (κ1) is 38.4. The van der Waals surface area contributed by atoms with Crippen molar-refractivity contribution < 1.29 is 39.4 Å². The normalized spacial score (nSPS) is 27.8. The first-order chi connectivity index (χ1) is 21.8. The first-order valence-corrected chi connectivity index (χ1v) is 18.7. The Kier molecular flexibility index (Phi) is 18.6. The van der Waals surface area contributed by atoms with Crippen molar-refractivity contribution in [3.63, 3.8) is 0 Å². The van der Waals surface area contributed by atoms with E-state index in [1.54, 1.807) is 0 Å². The number of esters is 1. The number of hydrogen-bond acceptors (Lipinski definition) is 8. The highest BCUT2D eigenvalue weighted by atomic mass is 16.5. The van der Waals surface area contributed by atoms with Crippen LogP contribution in [0.15, 0.2) is 11.6 Å². The van der Waals surface area contributed by atoms with Crippen LogP contribution in [0.4, 0.5) is 0 Å². The van der Waals surface area contributed by atoms with Crippen LogP contribution < -0.4 is 0 Å². The van der Waals surface area contributed by atoms with Crippen molar-refractivity contribution >= 4 is 5.97 Å². The van der Waals surface area contributed by atoms with Gasteiger partial charge in [-0.05, 0) is 96.5 Å². The molecule has 2 fully saturated rings. The molecule has 0 saturated carbocycles. The number of carbonyl (C=O) groups is 1. The summed E-state index contributed by atoms with van der Waals surface area (Å²) in [6, 6.07) is 0. The summed E-state index contributed by atoms with van der Waals surface area (Å²) in [5.41, 5.74) is 0.838. The predicted molar refractivity (Wildman–Crippen MR) is 177 cm³/mol. The van der Waals surface area contributed by atoms with Crippen molar-refractivity contribution in [2.75, 3.05) is 0 Å². The standard InChI is InChI=1S/C37H66O8/c1-3-4-5-8-12-16-29(38)17-14-19-31(39)35-24-25-36(45-35)33(41)22-21-32(40)34-23-20-30(44-34)18-13-10-7-6-9-11-15-28-26-27(2)43-37(28)42/h26-27,29-36,38-41H,3-25H2,1-2H3/t27-,29+,30-,31+,32-,33+,34+,35-,36-/m0/s1. The van der Waals surface area contributed by atoms with Gasteiger partial charge >= 0.3 is 5.97 Å². The summed E-state index contributed by atoms with van der Waals surface area (Å²) in [4.78, 5) is 11.7. The zero-order chi connectivity index (χ0) is 32.4. The average Bonchev–Trinajstić information content (AvgIpc) is 3.77. The minimum absolute atomic E-state index is 0.0738. The Labute approximate surface area is 273 Å². The van der Waals surface area contributed by atoms with Crippen molar-refractivity contribution in [1.82, 2.24) is 0 Å². The van der Waals surface area contributed by atoms with E-state index in [0.717, 1.165) is 76.2 Å². The molecule has 3 heterocycles. The Morgan fingerprint density at radius 3 is 1.89 bits per heavy atom. The monoisotopic (exact) mass is 638 g/mol. The Hall–Kier alpha value is -1.03. The van der Waals surface area contributed by atoms with E-state index in [9.17, 15) is 25.2 Å². The van der Waals surface area contributed by atoms with Gasteiger partial charge in [-0.15, -0.1) is 0 Å². The fourth-order valence-corrected chi connectivity index (χ4v) is 7.28. The Morgan fingerprint density at radius 1 is 0.667 bits per heavy atom. The summed E-state index contributed by atoms with van der Waals surface area (Å²) >= 11 is 0. The zero-order valence-electron chi connectivity index (χ0n) is 28.5. The molecule has 2 saturated heterocycles. The van der Waals surface area contributed by atoms with Crippen LogP contribution in [0.3, 0.4) is 0 Å². The average molecular weight is 639 g/mol. The Bertz CT molecular complexity index is 833. The van der Waals surface area contributed by atoms with Crippen LogP contribution in [0.1, 0.15) is 162 Å². The fourth-order valence-electron chi connectivity index (χ4n) is 7.28. The maximum absolute atomic E-state index is 11.7.